The zero-order valence-corrected chi connectivity index (χ0v) is 31.0. The Hall–Kier alpha value is -2.51. The second kappa shape index (κ2) is 23.0. The van der Waals surface area contributed by atoms with Crippen LogP contribution in [0.25, 0.3) is 0 Å². The fourth-order valence-electron chi connectivity index (χ4n) is 6.71. The van der Waals surface area contributed by atoms with Crippen molar-refractivity contribution in [2.24, 2.45) is 0 Å². The van der Waals surface area contributed by atoms with Crippen LogP contribution in [0.5, 0.6) is 0 Å². The van der Waals surface area contributed by atoms with E-state index in [-0.39, 0.29) is 6.61 Å². The largest absolute Gasteiger partial charge is 0.358 e. The maximum absolute atomic E-state index is 12.4. The zero-order valence-electron chi connectivity index (χ0n) is 30.2. The molecule has 5 nitrogen and oxygen atoms in total. The molecule has 0 aromatic heterocycles. The van der Waals surface area contributed by atoms with Crippen LogP contribution in [0.3, 0.4) is 0 Å². The van der Waals surface area contributed by atoms with Crippen molar-refractivity contribution in [3.63, 3.8) is 0 Å². The average molecular weight is 678 g/mol. The van der Waals surface area contributed by atoms with E-state index in [1.54, 1.807) is 0 Å². The number of rotatable bonds is 27. The van der Waals surface area contributed by atoms with Gasteiger partial charge in [-0.3, -0.25) is 4.18 Å². The van der Waals surface area contributed by atoms with Crippen LogP contribution in [0.1, 0.15) is 126 Å². The Morgan fingerprint density at radius 1 is 0.583 bits per heavy atom. The lowest BCUT2D eigenvalue weighted by atomic mass is 9.80. The van der Waals surface area contributed by atoms with Crippen molar-refractivity contribution in [1.29, 1.82) is 0 Å². The summed E-state index contributed by atoms with van der Waals surface area (Å²) in [4.78, 5) is 2.18. The third-order valence-electron chi connectivity index (χ3n) is 9.25. The standard InChI is InChI=1S/C42H63NO4S/c1-4-5-6-7-8-9-10-11-12-13-14-15-16-17-18-28-35-43(2)36-41(47-48(3,44)45)37-46-42(38-29-22-19-23-30-38,39-31-24-20-25-32-39)40-33-26-21-27-34-40/h19-27,29-34,41H,4-18,28,35-37H2,1-3H3. The number of nitrogens with zero attached hydrogens (tertiary/aromatic N) is 1. The quantitative estimate of drug-likeness (QED) is 0.0457. The van der Waals surface area contributed by atoms with Crippen molar-refractivity contribution in [1.82, 2.24) is 4.90 Å². The molecule has 3 rings (SSSR count). The first kappa shape index (κ1) is 39.9. The van der Waals surface area contributed by atoms with Crippen LogP contribution in [0.15, 0.2) is 91.0 Å². The maximum atomic E-state index is 12.4. The first-order valence-corrected chi connectivity index (χ1v) is 20.5. The Kier molecular flexibility index (Phi) is 19.1. The molecular weight excluding hydrogens is 615 g/mol. The van der Waals surface area contributed by atoms with Crippen LogP contribution < -0.4 is 0 Å². The Balaban J connectivity index is 1.47. The smallest absolute Gasteiger partial charge is 0.264 e. The summed E-state index contributed by atoms with van der Waals surface area (Å²) in [5.74, 6) is 0. The summed E-state index contributed by atoms with van der Waals surface area (Å²) >= 11 is 0. The van der Waals surface area contributed by atoms with E-state index in [0.29, 0.717) is 6.54 Å². The second-order valence-electron chi connectivity index (χ2n) is 13.6. The van der Waals surface area contributed by atoms with E-state index < -0.39 is 21.8 Å². The Bertz CT molecular complexity index is 1220. The Labute approximate surface area is 293 Å². The molecule has 0 N–H and O–H groups in total. The van der Waals surface area contributed by atoms with Gasteiger partial charge in [0.25, 0.3) is 10.1 Å². The molecule has 0 aliphatic rings. The van der Waals surface area contributed by atoms with Gasteiger partial charge in [0.1, 0.15) is 11.7 Å². The molecule has 0 aliphatic heterocycles. The van der Waals surface area contributed by atoms with Gasteiger partial charge < -0.3 is 9.64 Å². The van der Waals surface area contributed by atoms with Gasteiger partial charge in [0, 0.05) is 6.54 Å². The third kappa shape index (κ3) is 14.9. The van der Waals surface area contributed by atoms with Crippen molar-refractivity contribution >= 4 is 10.1 Å². The van der Waals surface area contributed by atoms with Gasteiger partial charge in [-0.2, -0.15) is 8.42 Å². The average Bonchev–Trinajstić information content (AvgIpc) is 3.09. The van der Waals surface area contributed by atoms with Gasteiger partial charge in [-0.1, -0.05) is 194 Å². The highest BCUT2D eigenvalue weighted by Crippen LogP contribution is 2.40. The van der Waals surface area contributed by atoms with Crippen molar-refractivity contribution < 1.29 is 17.3 Å². The Morgan fingerprint density at radius 2 is 0.938 bits per heavy atom. The normalized spacial score (nSPS) is 12.8. The van der Waals surface area contributed by atoms with Gasteiger partial charge in [0.05, 0.1) is 12.9 Å². The highest BCUT2D eigenvalue weighted by molar-refractivity contribution is 7.86. The lowest BCUT2D eigenvalue weighted by Gasteiger charge is -2.37. The Morgan fingerprint density at radius 3 is 1.29 bits per heavy atom. The first-order chi connectivity index (χ1) is 23.3. The molecule has 0 aliphatic carbocycles. The summed E-state index contributed by atoms with van der Waals surface area (Å²) in [6.45, 7) is 3.74. The van der Waals surface area contributed by atoms with Gasteiger partial charge in [0.2, 0.25) is 0 Å². The summed E-state index contributed by atoms with van der Waals surface area (Å²) in [5, 5.41) is 0. The third-order valence-corrected chi connectivity index (χ3v) is 9.87. The molecule has 0 saturated carbocycles. The molecule has 48 heavy (non-hydrogen) atoms. The molecule has 0 amide bonds. The number of ether oxygens (including phenoxy) is 1. The lowest BCUT2D eigenvalue weighted by molar-refractivity contribution is -0.0351. The molecule has 3 aromatic rings. The van der Waals surface area contributed by atoms with Gasteiger partial charge in [-0.25, -0.2) is 0 Å². The van der Waals surface area contributed by atoms with E-state index in [4.69, 9.17) is 8.92 Å². The topological polar surface area (TPSA) is 55.8 Å². The predicted molar refractivity (Wildman–Crippen MR) is 202 cm³/mol. The second-order valence-corrected chi connectivity index (χ2v) is 15.2. The molecule has 0 bridgehead atoms. The van der Waals surface area contributed by atoms with Gasteiger partial charge in [-0.05, 0) is 36.7 Å². The van der Waals surface area contributed by atoms with Crippen LogP contribution in [0.4, 0.5) is 0 Å². The molecule has 1 unspecified atom stereocenters. The molecule has 1 atom stereocenters. The van der Waals surface area contributed by atoms with Crippen LogP contribution in [-0.2, 0) is 24.6 Å². The van der Waals surface area contributed by atoms with E-state index >= 15 is 0 Å². The molecule has 0 radical (unpaired) electrons. The van der Waals surface area contributed by atoms with Crippen LogP contribution >= 0.6 is 0 Å². The molecular formula is C42H63NO4S. The summed E-state index contributed by atoms with van der Waals surface area (Å²) < 4.78 is 37.3. The number of likely N-dealkylation sites (N-methyl/N-ethyl adjacent to an activating group) is 1. The highest BCUT2D eigenvalue weighted by atomic mass is 32.2. The predicted octanol–water partition coefficient (Wildman–Crippen LogP) is 10.5. The SMILES string of the molecule is CCCCCCCCCCCCCCCCCCN(C)CC(COC(c1ccccc1)(c1ccccc1)c1ccccc1)OS(C)(=O)=O. The highest BCUT2D eigenvalue weighted by Gasteiger charge is 2.38. The minimum atomic E-state index is -3.69. The van der Waals surface area contributed by atoms with Crippen LogP contribution in [-0.4, -0.2) is 52.4 Å². The minimum Gasteiger partial charge on any atom is -0.358 e. The molecule has 0 saturated heterocycles. The van der Waals surface area contributed by atoms with E-state index in [9.17, 15) is 8.42 Å². The molecule has 3 aromatic carbocycles. The number of hydrogen-bond donors (Lipinski definition) is 0. The van der Waals surface area contributed by atoms with Crippen molar-refractivity contribution in [2.75, 3.05) is 33.0 Å². The van der Waals surface area contributed by atoms with Crippen LogP contribution in [0.2, 0.25) is 0 Å². The molecule has 0 spiro atoms. The number of hydrogen-bond acceptors (Lipinski definition) is 5. The van der Waals surface area contributed by atoms with Crippen LogP contribution in [0, 0.1) is 0 Å². The summed E-state index contributed by atoms with van der Waals surface area (Å²) in [5.41, 5.74) is 1.99. The van der Waals surface area contributed by atoms with Crippen molar-refractivity contribution in [2.45, 2.75) is 121 Å². The molecule has 0 heterocycles. The molecule has 0 fully saturated rings. The van der Waals surface area contributed by atoms with Gasteiger partial charge >= 0.3 is 0 Å². The fourth-order valence-corrected chi connectivity index (χ4v) is 7.32. The van der Waals surface area contributed by atoms with Gasteiger partial charge in [-0.15, -0.1) is 0 Å². The monoisotopic (exact) mass is 677 g/mol. The fraction of sp³-hybridized carbons (Fsp3) is 0.571. The molecule has 266 valence electrons. The van der Waals surface area contributed by atoms with E-state index in [1.807, 2.05) is 61.6 Å². The minimum absolute atomic E-state index is 0.106. The number of unbranched alkanes of at least 4 members (excludes halogenated alkanes) is 15. The summed E-state index contributed by atoms with van der Waals surface area (Å²) in [6.07, 6.45) is 22.0. The lowest BCUT2D eigenvalue weighted by Crippen LogP contribution is -2.41. The zero-order chi connectivity index (χ0) is 34.3. The first-order valence-electron chi connectivity index (χ1n) is 18.7. The van der Waals surface area contributed by atoms with E-state index in [1.165, 1.54) is 96.3 Å². The maximum Gasteiger partial charge on any atom is 0.264 e. The van der Waals surface area contributed by atoms with Crippen molar-refractivity contribution in [3.05, 3.63) is 108 Å². The summed E-state index contributed by atoms with van der Waals surface area (Å²) in [6, 6.07) is 30.4. The van der Waals surface area contributed by atoms with Crippen molar-refractivity contribution in [3.8, 4) is 0 Å². The van der Waals surface area contributed by atoms with E-state index in [0.717, 1.165) is 35.9 Å². The molecule has 6 heteroatoms. The number of benzene rings is 3. The summed E-state index contributed by atoms with van der Waals surface area (Å²) in [7, 11) is -1.64. The van der Waals surface area contributed by atoms with Gasteiger partial charge in [0.15, 0.2) is 0 Å². The van der Waals surface area contributed by atoms with E-state index in [2.05, 4.69) is 48.2 Å².